The molecule has 0 aromatic carbocycles. The lowest BCUT2D eigenvalue weighted by Gasteiger charge is -2.54. The molecule has 0 radical (unpaired) electrons. The van der Waals surface area contributed by atoms with E-state index in [0.29, 0.717) is 23.5 Å². The van der Waals surface area contributed by atoms with Crippen LogP contribution in [0.3, 0.4) is 0 Å². The fraction of sp³-hybridized carbons (Fsp3) is 0.632. The van der Waals surface area contributed by atoms with E-state index < -0.39 is 18.6 Å². The quantitative estimate of drug-likeness (QED) is 0.793. The molecule has 3 heterocycles. The Labute approximate surface area is 162 Å². The van der Waals surface area contributed by atoms with E-state index in [2.05, 4.69) is 24.0 Å². The topological polar surface area (TPSA) is 56.0 Å². The summed E-state index contributed by atoms with van der Waals surface area (Å²) in [5, 5.41) is 8.23. The van der Waals surface area contributed by atoms with Crippen molar-refractivity contribution in [1.29, 1.82) is 0 Å². The Bertz CT molecular complexity index is 896. The molecule has 2 aromatic rings. The fourth-order valence-electron chi connectivity index (χ4n) is 4.38. The summed E-state index contributed by atoms with van der Waals surface area (Å²) < 4.78 is 41.0. The van der Waals surface area contributed by atoms with Crippen molar-refractivity contribution in [3.63, 3.8) is 0 Å². The van der Waals surface area contributed by atoms with Gasteiger partial charge < -0.3 is 4.90 Å². The number of hydrogen-bond acceptors (Lipinski definition) is 3. The van der Waals surface area contributed by atoms with E-state index in [1.807, 2.05) is 13.2 Å². The molecule has 154 valence electrons. The second kappa shape index (κ2) is 6.63. The van der Waals surface area contributed by atoms with Gasteiger partial charge in [0.15, 0.2) is 0 Å². The molecule has 2 aromatic heterocycles. The molecule has 28 heavy (non-hydrogen) atoms. The van der Waals surface area contributed by atoms with Crippen molar-refractivity contribution in [2.24, 2.45) is 12.5 Å². The highest BCUT2D eigenvalue weighted by atomic mass is 19.4. The number of alkyl halides is 3. The van der Waals surface area contributed by atoms with Crippen LogP contribution in [0, 0.1) is 19.3 Å². The predicted molar refractivity (Wildman–Crippen MR) is 97.6 cm³/mol. The van der Waals surface area contributed by atoms with Crippen molar-refractivity contribution in [1.82, 2.24) is 24.5 Å². The third-order valence-corrected chi connectivity index (χ3v) is 5.52. The van der Waals surface area contributed by atoms with Gasteiger partial charge in [0.1, 0.15) is 6.54 Å². The average Bonchev–Trinajstić information content (AvgIpc) is 3.06. The summed E-state index contributed by atoms with van der Waals surface area (Å²) in [7, 11) is 1.83. The number of carbonyl (C=O) groups is 1. The summed E-state index contributed by atoms with van der Waals surface area (Å²) in [6, 6.07) is -0.109. The summed E-state index contributed by atoms with van der Waals surface area (Å²) in [4.78, 5) is 15.0. The van der Waals surface area contributed by atoms with E-state index in [0.717, 1.165) is 10.2 Å². The van der Waals surface area contributed by atoms with Crippen molar-refractivity contribution in [2.75, 3.05) is 6.54 Å². The number of rotatable bonds is 4. The van der Waals surface area contributed by atoms with Crippen molar-refractivity contribution < 1.29 is 18.0 Å². The van der Waals surface area contributed by atoms with Gasteiger partial charge in [0.05, 0.1) is 23.9 Å². The van der Waals surface area contributed by atoms with Gasteiger partial charge in [-0.15, -0.1) is 0 Å². The molecule has 0 spiro atoms. The number of aryl methyl sites for hydroxylation is 2. The van der Waals surface area contributed by atoms with Gasteiger partial charge in [-0.25, -0.2) is 0 Å². The number of hydrogen-bond donors (Lipinski definition) is 0. The Balaban J connectivity index is 1.87. The molecule has 3 rings (SSSR count). The molecule has 0 bridgehead atoms. The van der Waals surface area contributed by atoms with Gasteiger partial charge in [0.25, 0.3) is 0 Å². The fourth-order valence-corrected chi connectivity index (χ4v) is 4.38. The van der Waals surface area contributed by atoms with Crippen LogP contribution < -0.4 is 0 Å². The number of likely N-dealkylation sites (tertiary alicyclic amines) is 1. The molecule has 1 amide bonds. The van der Waals surface area contributed by atoms with Gasteiger partial charge in [-0.2, -0.15) is 23.4 Å². The summed E-state index contributed by atoms with van der Waals surface area (Å²) >= 11 is 0. The molecule has 0 saturated carbocycles. The number of amides is 1. The second-order valence-electron chi connectivity index (χ2n) is 8.38. The molecule has 1 aliphatic heterocycles. The summed E-state index contributed by atoms with van der Waals surface area (Å²) in [6.45, 7) is 8.60. The molecule has 2 unspecified atom stereocenters. The van der Waals surface area contributed by atoms with Crippen LogP contribution >= 0.6 is 0 Å². The van der Waals surface area contributed by atoms with E-state index in [4.69, 9.17) is 0 Å². The first-order valence-electron chi connectivity index (χ1n) is 9.21. The number of aromatic nitrogens is 4. The Morgan fingerprint density at radius 3 is 2.50 bits per heavy atom. The molecular weight excluding hydrogens is 371 g/mol. The summed E-state index contributed by atoms with van der Waals surface area (Å²) in [5.41, 5.74) is 2.28. The molecule has 9 heteroatoms. The first-order valence-corrected chi connectivity index (χ1v) is 9.21. The van der Waals surface area contributed by atoms with Crippen molar-refractivity contribution in [2.45, 2.75) is 59.3 Å². The Morgan fingerprint density at radius 2 is 2.00 bits per heavy atom. The van der Waals surface area contributed by atoms with Crippen LogP contribution in [0.5, 0.6) is 0 Å². The SMILES string of the molecule is Cc1nn(CC(F)(F)F)c(C)c1C(C)C(=O)N1CC(C)(C)C1c1cnn(C)c1. The summed E-state index contributed by atoms with van der Waals surface area (Å²) in [5.74, 6) is -0.678. The van der Waals surface area contributed by atoms with Crippen LogP contribution in [0.4, 0.5) is 13.2 Å². The van der Waals surface area contributed by atoms with E-state index in [1.165, 1.54) is 0 Å². The molecular formula is C19H26F3N5O. The zero-order valence-corrected chi connectivity index (χ0v) is 17.0. The van der Waals surface area contributed by atoms with Gasteiger partial charge in [-0.3, -0.25) is 14.2 Å². The lowest BCUT2D eigenvalue weighted by Crippen LogP contribution is -2.58. The second-order valence-corrected chi connectivity index (χ2v) is 8.38. The largest absolute Gasteiger partial charge is 0.408 e. The number of halogens is 3. The summed E-state index contributed by atoms with van der Waals surface area (Å²) in [6.07, 6.45) is -0.705. The zero-order valence-electron chi connectivity index (χ0n) is 17.0. The van der Waals surface area contributed by atoms with E-state index in [9.17, 15) is 18.0 Å². The van der Waals surface area contributed by atoms with Crippen LogP contribution in [0.25, 0.3) is 0 Å². The van der Waals surface area contributed by atoms with Crippen LogP contribution in [0.2, 0.25) is 0 Å². The van der Waals surface area contributed by atoms with E-state index in [-0.39, 0.29) is 17.4 Å². The van der Waals surface area contributed by atoms with Crippen molar-refractivity contribution in [3.8, 4) is 0 Å². The zero-order chi connectivity index (χ0) is 21.0. The van der Waals surface area contributed by atoms with E-state index >= 15 is 0 Å². The van der Waals surface area contributed by atoms with Gasteiger partial charge in [0, 0.05) is 42.0 Å². The standard InChI is InChI=1S/C19H26F3N5O/c1-11(15-12(2)24-27(13(15)3)10-19(20,21)22)17(28)26-9-18(4,5)16(26)14-7-23-25(6)8-14/h7-8,11,16H,9-10H2,1-6H3. The highest BCUT2D eigenvalue weighted by Crippen LogP contribution is 2.49. The Morgan fingerprint density at radius 1 is 1.36 bits per heavy atom. The maximum atomic E-state index is 13.2. The van der Waals surface area contributed by atoms with Gasteiger partial charge >= 0.3 is 6.18 Å². The smallest absolute Gasteiger partial charge is 0.334 e. The Hall–Kier alpha value is -2.32. The molecule has 2 atom stereocenters. The Kier molecular flexibility index (Phi) is 4.84. The third-order valence-electron chi connectivity index (χ3n) is 5.52. The average molecular weight is 397 g/mol. The van der Waals surface area contributed by atoms with Gasteiger partial charge in [0.2, 0.25) is 5.91 Å². The van der Waals surface area contributed by atoms with Gasteiger partial charge in [-0.05, 0) is 20.8 Å². The van der Waals surface area contributed by atoms with Crippen LogP contribution in [0.1, 0.15) is 55.2 Å². The van der Waals surface area contributed by atoms with Crippen LogP contribution in [0.15, 0.2) is 12.4 Å². The highest BCUT2D eigenvalue weighted by Gasteiger charge is 2.50. The normalized spacial score (nSPS) is 20.2. The van der Waals surface area contributed by atoms with Crippen LogP contribution in [-0.4, -0.2) is 43.1 Å². The van der Waals surface area contributed by atoms with Crippen molar-refractivity contribution >= 4 is 5.91 Å². The van der Waals surface area contributed by atoms with Crippen molar-refractivity contribution in [3.05, 3.63) is 34.9 Å². The predicted octanol–water partition coefficient (Wildman–Crippen LogP) is 3.51. The third kappa shape index (κ3) is 3.54. The highest BCUT2D eigenvalue weighted by molar-refractivity contribution is 5.85. The first kappa shape index (κ1) is 20.4. The van der Waals surface area contributed by atoms with E-state index in [1.54, 1.807) is 36.5 Å². The minimum Gasteiger partial charge on any atom is -0.334 e. The van der Waals surface area contributed by atoms with Crippen LogP contribution in [-0.2, 0) is 18.4 Å². The molecule has 0 aliphatic carbocycles. The minimum atomic E-state index is -4.36. The molecule has 1 fully saturated rings. The maximum Gasteiger partial charge on any atom is 0.408 e. The molecule has 6 nitrogen and oxygen atoms in total. The minimum absolute atomic E-state index is 0.0943. The maximum absolute atomic E-state index is 13.2. The lowest BCUT2D eigenvalue weighted by atomic mass is 9.71. The number of nitrogens with zero attached hydrogens (tertiary/aromatic N) is 5. The van der Waals surface area contributed by atoms with Gasteiger partial charge in [-0.1, -0.05) is 13.8 Å². The lowest BCUT2D eigenvalue weighted by molar-refractivity contribution is -0.153. The monoisotopic (exact) mass is 397 g/mol. The number of carbonyl (C=O) groups excluding carboxylic acids is 1. The molecule has 1 saturated heterocycles. The molecule has 1 aliphatic rings. The first-order chi connectivity index (χ1) is 12.8. The molecule has 0 N–H and O–H groups in total.